The first-order chi connectivity index (χ1) is 18.0. The molecule has 4 heterocycles. The Morgan fingerprint density at radius 1 is 1.38 bits per heavy atom. The summed E-state index contributed by atoms with van der Waals surface area (Å²) in [6.45, 7) is 2.23. The van der Waals surface area contributed by atoms with Gasteiger partial charge in [-0.05, 0) is 73.6 Å². The fraction of sp³-hybridized carbons (Fsp3) is 0.520. The molecule has 1 saturated carbocycles. The molecule has 5 atom stereocenters. The van der Waals surface area contributed by atoms with E-state index in [4.69, 9.17) is 0 Å². The van der Waals surface area contributed by atoms with Crippen LogP contribution < -0.4 is 10.6 Å². The lowest BCUT2D eigenvalue weighted by molar-refractivity contribution is -0.131. The molecule has 2 aliphatic carbocycles. The van der Waals surface area contributed by atoms with Crippen molar-refractivity contribution in [1.82, 2.24) is 36.2 Å². The number of fused-ring (bicyclic) bond motifs is 3. The summed E-state index contributed by atoms with van der Waals surface area (Å²) in [7, 11) is 1.64. The molecular weight excluding hydrogens is 508 g/mol. The first-order valence-electron chi connectivity index (χ1n) is 12.6. The zero-order valence-electron chi connectivity index (χ0n) is 20.7. The molecule has 1 saturated heterocycles. The van der Waals surface area contributed by atoms with E-state index in [1.165, 1.54) is 16.2 Å². The smallest absolute Gasteiger partial charge is 0.261 e. The van der Waals surface area contributed by atoms with Crippen LogP contribution in [0.1, 0.15) is 62.6 Å². The first-order valence-corrected chi connectivity index (χ1v) is 14.3. The van der Waals surface area contributed by atoms with Gasteiger partial charge in [-0.3, -0.25) is 9.59 Å². The average molecular weight is 537 g/mol. The molecule has 12 heteroatoms. The molecular formula is C25H28N8O2S2. The van der Waals surface area contributed by atoms with E-state index in [2.05, 4.69) is 55.7 Å². The van der Waals surface area contributed by atoms with Crippen molar-refractivity contribution in [3.63, 3.8) is 0 Å². The van der Waals surface area contributed by atoms with Crippen molar-refractivity contribution in [3.05, 3.63) is 49.1 Å². The number of H-pyrrole nitrogens is 1. The predicted octanol–water partition coefficient (Wildman–Crippen LogP) is 2.00. The number of piperidine rings is 1. The Morgan fingerprint density at radius 3 is 3.00 bits per heavy atom. The van der Waals surface area contributed by atoms with E-state index in [9.17, 15) is 14.9 Å². The number of nitrogens with one attached hydrogen (secondary N) is 3. The molecule has 2 fully saturated rings. The van der Waals surface area contributed by atoms with Crippen molar-refractivity contribution >= 4 is 34.5 Å². The molecule has 2 unspecified atom stereocenters. The average Bonchev–Trinajstić information content (AvgIpc) is 3.43. The number of carbonyl (C=O) groups excluding carboxylic acids is 2. The van der Waals surface area contributed by atoms with E-state index in [1.807, 2.05) is 6.07 Å². The Bertz CT molecular complexity index is 1380. The minimum Gasteiger partial charge on any atom is -0.354 e. The molecule has 0 spiro atoms. The predicted molar refractivity (Wildman–Crippen MR) is 138 cm³/mol. The van der Waals surface area contributed by atoms with Gasteiger partial charge in [-0.2, -0.15) is 10.5 Å². The normalized spacial score (nSPS) is 26.4. The van der Waals surface area contributed by atoms with E-state index < -0.39 is 5.41 Å². The highest BCUT2D eigenvalue weighted by atomic mass is 32.1. The first kappa shape index (κ1) is 24.2. The zero-order chi connectivity index (χ0) is 25.7. The minimum atomic E-state index is -0.717. The van der Waals surface area contributed by atoms with Gasteiger partial charge in [0, 0.05) is 28.9 Å². The number of hydrogen-bond donors (Lipinski definition) is 3. The van der Waals surface area contributed by atoms with E-state index in [1.54, 1.807) is 23.3 Å². The second kappa shape index (κ2) is 9.31. The molecule has 0 radical (unpaired) electrons. The highest BCUT2D eigenvalue weighted by Gasteiger charge is 2.54. The molecule has 6 rings (SSSR count). The van der Waals surface area contributed by atoms with Gasteiger partial charge in [-0.25, -0.2) is 0 Å². The van der Waals surface area contributed by atoms with Crippen LogP contribution in [0.4, 0.5) is 0 Å². The molecule has 0 aromatic carbocycles. The maximum absolute atomic E-state index is 13.1. The number of nitrogens with zero attached hydrogens (tertiary/aromatic N) is 5. The maximum atomic E-state index is 13.1. The van der Waals surface area contributed by atoms with Crippen LogP contribution in [-0.2, 0) is 23.1 Å². The number of rotatable bonds is 7. The van der Waals surface area contributed by atoms with Gasteiger partial charge < -0.3 is 15.5 Å². The monoisotopic (exact) mass is 536 g/mol. The SMILES string of the molecule is CNC(=O)c1cc2c(s1)C(C[C@H](C)NCC(=O)N1C(C#N)C[C@@H]3C[C@@H]31)(c1nn[nH]n1)c1ccsc1CC2. The Hall–Kier alpha value is -3.14. The van der Waals surface area contributed by atoms with Crippen molar-refractivity contribution in [1.29, 1.82) is 5.26 Å². The summed E-state index contributed by atoms with van der Waals surface area (Å²) in [6, 6.07) is 6.25. The summed E-state index contributed by atoms with van der Waals surface area (Å²) in [6.07, 6.45) is 4.08. The van der Waals surface area contributed by atoms with Crippen molar-refractivity contribution in [2.45, 2.75) is 62.6 Å². The van der Waals surface area contributed by atoms with Crippen LogP contribution in [0.25, 0.3) is 0 Å². The van der Waals surface area contributed by atoms with Gasteiger partial charge in [-0.15, -0.1) is 32.9 Å². The summed E-state index contributed by atoms with van der Waals surface area (Å²) in [5.41, 5.74) is 1.53. The van der Waals surface area contributed by atoms with Crippen LogP contribution >= 0.6 is 22.7 Å². The van der Waals surface area contributed by atoms with Crippen LogP contribution in [0.2, 0.25) is 0 Å². The molecule has 37 heavy (non-hydrogen) atoms. The number of aromatic amines is 1. The van der Waals surface area contributed by atoms with Gasteiger partial charge in [0.2, 0.25) is 5.91 Å². The number of carbonyl (C=O) groups is 2. The molecule has 0 bridgehead atoms. The Balaban J connectivity index is 1.34. The van der Waals surface area contributed by atoms with E-state index in [-0.39, 0.29) is 36.5 Å². The number of hydrogen-bond acceptors (Lipinski definition) is 9. The number of aryl methyl sites for hydroxylation is 2. The van der Waals surface area contributed by atoms with Crippen LogP contribution in [0.15, 0.2) is 17.5 Å². The van der Waals surface area contributed by atoms with E-state index in [0.29, 0.717) is 23.0 Å². The molecule has 3 aliphatic rings. The third-order valence-electron chi connectivity index (χ3n) is 7.96. The number of amides is 2. The summed E-state index contributed by atoms with van der Waals surface area (Å²) < 4.78 is 0. The molecule has 1 aliphatic heterocycles. The lowest BCUT2D eigenvalue weighted by Crippen LogP contribution is -2.46. The van der Waals surface area contributed by atoms with Crippen LogP contribution in [0.3, 0.4) is 0 Å². The van der Waals surface area contributed by atoms with Crippen LogP contribution in [-0.4, -0.2) is 69.1 Å². The molecule has 3 aromatic heterocycles. The lowest BCUT2D eigenvalue weighted by atomic mass is 9.73. The highest BCUT2D eigenvalue weighted by molar-refractivity contribution is 7.14. The second-order valence-electron chi connectivity index (χ2n) is 10.2. The molecule has 3 aromatic rings. The number of likely N-dealkylation sites (tertiary alicyclic amines) is 1. The summed E-state index contributed by atoms with van der Waals surface area (Å²) in [5.74, 6) is 0.916. The summed E-state index contributed by atoms with van der Waals surface area (Å²) in [5, 5.41) is 33.3. The molecule has 3 N–H and O–H groups in total. The second-order valence-corrected chi connectivity index (χ2v) is 12.2. The van der Waals surface area contributed by atoms with Gasteiger partial charge in [0.1, 0.15) is 6.04 Å². The Labute approximate surface area is 222 Å². The van der Waals surface area contributed by atoms with Crippen LogP contribution in [0, 0.1) is 17.2 Å². The van der Waals surface area contributed by atoms with E-state index >= 15 is 0 Å². The number of aromatic nitrogens is 4. The highest BCUT2D eigenvalue weighted by Crippen LogP contribution is 2.51. The Kier molecular flexibility index (Phi) is 6.09. The number of thiophene rings is 2. The van der Waals surface area contributed by atoms with Gasteiger partial charge >= 0.3 is 0 Å². The van der Waals surface area contributed by atoms with Gasteiger partial charge in [0.05, 0.1) is 22.9 Å². The molecule has 10 nitrogen and oxygen atoms in total. The maximum Gasteiger partial charge on any atom is 0.261 e. The van der Waals surface area contributed by atoms with Crippen molar-refractivity contribution in [3.8, 4) is 6.07 Å². The van der Waals surface area contributed by atoms with Gasteiger partial charge in [-0.1, -0.05) is 5.21 Å². The third kappa shape index (κ3) is 3.96. The Morgan fingerprint density at radius 2 is 2.24 bits per heavy atom. The summed E-state index contributed by atoms with van der Waals surface area (Å²) in [4.78, 5) is 30.5. The number of tetrazole rings is 1. The summed E-state index contributed by atoms with van der Waals surface area (Å²) >= 11 is 3.21. The van der Waals surface area contributed by atoms with Gasteiger partial charge in [0.15, 0.2) is 5.82 Å². The quantitative estimate of drug-likeness (QED) is 0.420. The third-order valence-corrected chi connectivity index (χ3v) is 10.3. The zero-order valence-corrected chi connectivity index (χ0v) is 22.3. The van der Waals surface area contributed by atoms with Crippen LogP contribution in [0.5, 0.6) is 0 Å². The van der Waals surface area contributed by atoms with Crippen molar-refractivity contribution in [2.24, 2.45) is 5.92 Å². The number of nitriles is 1. The van der Waals surface area contributed by atoms with Gasteiger partial charge in [0.25, 0.3) is 5.91 Å². The van der Waals surface area contributed by atoms with Crippen molar-refractivity contribution < 1.29 is 9.59 Å². The van der Waals surface area contributed by atoms with E-state index in [0.717, 1.165) is 41.7 Å². The standard InChI is InChI=1S/C25H28N8O2S2/c1-13(28-12-21(34)33-16(11-26)7-15-8-18(15)33)10-25(24-29-31-32-30-24)17-5-6-36-19(17)4-3-14-9-20(23(35)27-2)37-22(14)25/h5-6,9,13,15-16,18,28H,3-4,7-8,10,12H2,1-2H3,(H,27,35)(H,29,30,31,32)/t13-,15+,16?,18-,25?/m0/s1. The largest absolute Gasteiger partial charge is 0.354 e. The van der Waals surface area contributed by atoms with Crippen molar-refractivity contribution in [2.75, 3.05) is 13.6 Å². The fourth-order valence-corrected chi connectivity index (χ4v) is 8.49. The minimum absolute atomic E-state index is 0.0205. The topological polar surface area (TPSA) is 140 Å². The lowest BCUT2D eigenvalue weighted by Gasteiger charge is -2.34. The molecule has 2 amide bonds. The molecule has 192 valence electrons. The fourth-order valence-electron chi connectivity index (χ4n) is 6.17.